The Bertz CT molecular complexity index is 133. The smallest absolute Gasteiger partial charge is 0.0558 e. The molecular weight excluding hydrogens is 266 g/mol. The SMILES string of the molecule is CCN(CCO)CCCCCCCCCBr. The molecule has 0 aromatic carbocycles. The molecule has 0 bridgehead atoms. The molecule has 0 unspecified atom stereocenters. The fourth-order valence-electron chi connectivity index (χ4n) is 1.88. The maximum Gasteiger partial charge on any atom is 0.0558 e. The van der Waals surface area contributed by atoms with E-state index in [2.05, 4.69) is 27.8 Å². The van der Waals surface area contributed by atoms with Gasteiger partial charge in [0.25, 0.3) is 0 Å². The van der Waals surface area contributed by atoms with E-state index in [-0.39, 0.29) is 0 Å². The van der Waals surface area contributed by atoms with E-state index >= 15 is 0 Å². The molecule has 16 heavy (non-hydrogen) atoms. The molecule has 0 aromatic rings. The topological polar surface area (TPSA) is 23.5 Å². The third kappa shape index (κ3) is 10.9. The zero-order valence-electron chi connectivity index (χ0n) is 10.8. The zero-order chi connectivity index (χ0) is 12.1. The second kappa shape index (κ2) is 13.5. The van der Waals surface area contributed by atoms with Gasteiger partial charge in [-0.2, -0.15) is 0 Å². The average Bonchev–Trinajstić information content (AvgIpc) is 2.31. The number of aliphatic hydroxyl groups is 1. The lowest BCUT2D eigenvalue weighted by Crippen LogP contribution is -2.27. The van der Waals surface area contributed by atoms with E-state index in [1.54, 1.807) is 0 Å². The van der Waals surface area contributed by atoms with Crippen LogP contribution in [0.2, 0.25) is 0 Å². The number of nitrogens with zero attached hydrogens (tertiary/aromatic N) is 1. The Morgan fingerprint density at radius 2 is 1.44 bits per heavy atom. The number of aliphatic hydroxyl groups excluding tert-OH is 1. The van der Waals surface area contributed by atoms with Crippen LogP contribution in [0.4, 0.5) is 0 Å². The monoisotopic (exact) mass is 293 g/mol. The molecule has 1 N–H and O–H groups in total. The highest BCUT2D eigenvalue weighted by Crippen LogP contribution is 2.08. The van der Waals surface area contributed by atoms with E-state index in [9.17, 15) is 0 Å². The predicted molar refractivity (Wildman–Crippen MR) is 75.3 cm³/mol. The van der Waals surface area contributed by atoms with Gasteiger partial charge in [0.1, 0.15) is 0 Å². The lowest BCUT2D eigenvalue weighted by molar-refractivity contribution is 0.199. The van der Waals surface area contributed by atoms with Crippen molar-refractivity contribution in [1.29, 1.82) is 0 Å². The minimum Gasteiger partial charge on any atom is -0.395 e. The Balaban J connectivity index is 3.12. The molecule has 0 amide bonds. The van der Waals surface area contributed by atoms with Crippen LogP contribution in [-0.4, -0.2) is 41.6 Å². The van der Waals surface area contributed by atoms with Gasteiger partial charge in [0, 0.05) is 11.9 Å². The van der Waals surface area contributed by atoms with Crippen LogP contribution in [0.5, 0.6) is 0 Å². The van der Waals surface area contributed by atoms with Gasteiger partial charge in [-0.3, -0.25) is 0 Å². The van der Waals surface area contributed by atoms with Crippen molar-refractivity contribution in [3.63, 3.8) is 0 Å². The van der Waals surface area contributed by atoms with Crippen molar-refractivity contribution in [2.45, 2.75) is 51.9 Å². The van der Waals surface area contributed by atoms with E-state index in [1.807, 2.05) is 0 Å². The summed E-state index contributed by atoms with van der Waals surface area (Å²) in [5, 5.41) is 10.00. The standard InChI is InChI=1S/C13H28BrNO/c1-2-15(12-13-16)11-9-7-5-3-4-6-8-10-14/h16H,2-13H2,1H3. The molecule has 0 atom stereocenters. The van der Waals surface area contributed by atoms with Crippen molar-refractivity contribution in [3.05, 3.63) is 0 Å². The summed E-state index contributed by atoms with van der Waals surface area (Å²) in [6.07, 6.45) is 9.47. The first-order chi connectivity index (χ1) is 7.85. The number of hydrogen-bond donors (Lipinski definition) is 1. The molecule has 0 saturated carbocycles. The van der Waals surface area contributed by atoms with E-state index in [1.165, 1.54) is 44.9 Å². The fourth-order valence-corrected chi connectivity index (χ4v) is 2.28. The number of unbranched alkanes of at least 4 members (excludes halogenated alkanes) is 6. The van der Waals surface area contributed by atoms with Gasteiger partial charge in [-0.05, 0) is 25.9 Å². The normalized spacial score (nSPS) is 11.2. The highest BCUT2D eigenvalue weighted by molar-refractivity contribution is 9.09. The molecule has 3 heteroatoms. The van der Waals surface area contributed by atoms with E-state index in [4.69, 9.17) is 5.11 Å². The van der Waals surface area contributed by atoms with Crippen LogP contribution in [0.1, 0.15) is 51.9 Å². The van der Waals surface area contributed by atoms with Crippen LogP contribution in [-0.2, 0) is 0 Å². The van der Waals surface area contributed by atoms with Crippen molar-refractivity contribution in [1.82, 2.24) is 4.90 Å². The Hall–Kier alpha value is 0.400. The minimum atomic E-state index is 0.292. The maximum absolute atomic E-state index is 8.85. The Morgan fingerprint density at radius 1 is 0.875 bits per heavy atom. The summed E-state index contributed by atoms with van der Waals surface area (Å²) in [5.74, 6) is 0. The summed E-state index contributed by atoms with van der Waals surface area (Å²) in [5.41, 5.74) is 0. The molecule has 0 radical (unpaired) electrons. The summed E-state index contributed by atoms with van der Waals surface area (Å²) in [4.78, 5) is 2.32. The van der Waals surface area contributed by atoms with Gasteiger partial charge >= 0.3 is 0 Å². The van der Waals surface area contributed by atoms with Gasteiger partial charge in [-0.15, -0.1) is 0 Å². The van der Waals surface area contributed by atoms with Crippen LogP contribution in [0, 0.1) is 0 Å². The third-order valence-electron chi connectivity index (χ3n) is 2.97. The van der Waals surface area contributed by atoms with Gasteiger partial charge in [0.2, 0.25) is 0 Å². The molecule has 0 aliphatic carbocycles. The van der Waals surface area contributed by atoms with Gasteiger partial charge < -0.3 is 10.0 Å². The van der Waals surface area contributed by atoms with Crippen molar-refractivity contribution in [2.24, 2.45) is 0 Å². The molecule has 2 nitrogen and oxygen atoms in total. The lowest BCUT2D eigenvalue weighted by atomic mass is 10.1. The fraction of sp³-hybridized carbons (Fsp3) is 1.00. The second-order valence-corrected chi connectivity index (χ2v) is 5.11. The molecule has 0 aliphatic heterocycles. The summed E-state index contributed by atoms with van der Waals surface area (Å²) in [7, 11) is 0. The van der Waals surface area contributed by atoms with Crippen molar-refractivity contribution in [2.75, 3.05) is 31.6 Å². The molecular formula is C13H28BrNO. The average molecular weight is 294 g/mol. The van der Waals surface area contributed by atoms with Crippen molar-refractivity contribution in [3.8, 4) is 0 Å². The van der Waals surface area contributed by atoms with Crippen LogP contribution >= 0.6 is 15.9 Å². The quantitative estimate of drug-likeness (QED) is 0.440. The van der Waals surface area contributed by atoms with Crippen molar-refractivity contribution < 1.29 is 5.11 Å². The number of alkyl halides is 1. The molecule has 0 saturated heterocycles. The Morgan fingerprint density at radius 3 is 1.94 bits per heavy atom. The van der Waals surface area contributed by atoms with Gasteiger partial charge in [-0.25, -0.2) is 0 Å². The van der Waals surface area contributed by atoms with Crippen LogP contribution in [0.25, 0.3) is 0 Å². The number of halogens is 1. The van der Waals surface area contributed by atoms with Crippen LogP contribution in [0.15, 0.2) is 0 Å². The highest BCUT2D eigenvalue weighted by atomic mass is 79.9. The molecule has 0 heterocycles. The summed E-state index contributed by atoms with van der Waals surface area (Å²) < 4.78 is 0. The van der Waals surface area contributed by atoms with Gasteiger partial charge in [0.05, 0.1) is 6.61 Å². The number of hydrogen-bond acceptors (Lipinski definition) is 2. The van der Waals surface area contributed by atoms with Crippen LogP contribution < -0.4 is 0 Å². The van der Waals surface area contributed by atoms with Crippen LogP contribution in [0.3, 0.4) is 0 Å². The minimum absolute atomic E-state index is 0.292. The van der Waals surface area contributed by atoms with Crippen molar-refractivity contribution >= 4 is 15.9 Å². The Kier molecular flexibility index (Phi) is 13.8. The predicted octanol–water partition coefficient (Wildman–Crippen LogP) is 3.43. The molecule has 0 aromatic heterocycles. The molecule has 0 aliphatic rings. The summed E-state index contributed by atoms with van der Waals surface area (Å²) in [6.45, 7) is 5.50. The van der Waals surface area contributed by atoms with E-state index in [0.29, 0.717) is 6.61 Å². The number of rotatable bonds is 12. The van der Waals surface area contributed by atoms with Gasteiger partial charge in [-0.1, -0.05) is 55.0 Å². The summed E-state index contributed by atoms with van der Waals surface area (Å²) >= 11 is 3.46. The first-order valence-corrected chi connectivity index (χ1v) is 7.86. The van der Waals surface area contributed by atoms with Gasteiger partial charge in [0.15, 0.2) is 0 Å². The van der Waals surface area contributed by atoms with E-state index < -0.39 is 0 Å². The Labute approximate surface area is 110 Å². The number of likely N-dealkylation sites (N-methyl/N-ethyl adjacent to an activating group) is 1. The largest absolute Gasteiger partial charge is 0.395 e. The molecule has 0 rings (SSSR count). The first-order valence-electron chi connectivity index (χ1n) is 6.74. The molecule has 0 spiro atoms. The maximum atomic E-state index is 8.85. The lowest BCUT2D eigenvalue weighted by Gasteiger charge is -2.18. The second-order valence-electron chi connectivity index (χ2n) is 4.32. The van der Waals surface area contributed by atoms with E-state index in [0.717, 1.165) is 25.0 Å². The molecule has 98 valence electrons. The third-order valence-corrected chi connectivity index (χ3v) is 3.53. The summed E-state index contributed by atoms with van der Waals surface area (Å²) in [6, 6.07) is 0. The first kappa shape index (κ1) is 16.4. The molecule has 0 fully saturated rings. The highest BCUT2D eigenvalue weighted by Gasteiger charge is 2.00. The zero-order valence-corrected chi connectivity index (χ0v) is 12.3.